The summed E-state index contributed by atoms with van der Waals surface area (Å²) in [7, 11) is 1.67. The van der Waals surface area contributed by atoms with Crippen LogP contribution >= 0.6 is 0 Å². The number of hydrogen-bond acceptors (Lipinski definition) is 5. The van der Waals surface area contributed by atoms with E-state index in [-0.39, 0.29) is 0 Å². The summed E-state index contributed by atoms with van der Waals surface area (Å²) < 4.78 is 5.10. The molecule has 0 aliphatic carbocycles. The zero-order chi connectivity index (χ0) is 13.5. The molecule has 0 saturated carbocycles. The zero-order valence-electron chi connectivity index (χ0n) is 11.2. The Morgan fingerprint density at radius 3 is 2.78 bits per heavy atom. The van der Waals surface area contributed by atoms with Crippen molar-refractivity contribution in [2.45, 2.75) is 13.8 Å². The van der Waals surface area contributed by atoms with E-state index in [9.17, 15) is 0 Å². The van der Waals surface area contributed by atoms with E-state index < -0.39 is 0 Å². The van der Waals surface area contributed by atoms with Crippen molar-refractivity contribution in [1.29, 1.82) is 5.26 Å². The summed E-state index contributed by atoms with van der Waals surface area (Å²) in [4.78, 5) is 6.37. The van der Waals surface area contributed by atoms with Crippen molar-refractivity contribution in [3.63, 3.8) is 0 Å². The molecular formula is C13H20N4O. The summed E-state index contributed by atoms with van der Waals surface area (Å²) in [5, 5.41) is 8.80. The fraction of sp³-hybridized carbons (Fsp3) is 0.538. The number of nitrogens with zero attached hydrogens (tertiary/aromatic N) is 3. The van der Waals surface area contributed by atoms with Gasteiger partial charge in [-0.3, -0.25) is 0 Å². The maximum Gasteiger partial charge on any atom is 0.151 e. The molecule has 0 fully saturated rings. The minimum atomic E-state index is 0.479. The van der Waals surface area contributed by atoms with Crippen LogP contribution in [0.4, 0.5) is 11.5 Å². The Morgan fingerprint density at radius 2 is 2.28 bits per heavy atom. The fourth-order valence-corrected chi connectivity index (χ4v) is 1.73. The summed E-state index contributed by atoms with van der Waals surface area (Å²) in [6.45, 7) is 6.48. The zero-order valence-corrected chi connectivity index (χ0v) is 11.2. The van der Waals surface area contributed by atoms with Crippen molar-refractivity contribution in [3.05, 3.63) is 17.8 Å². The summed E-state index contributed by atoms with van der Waals surface area (Å²) in [6, 6.07) is 3.69. The summed E-state index contributed by atoms with van der Waals surface area (Å²) in [6.07, 6.45) is 1.55. The quantitative estimate of drug-likeness (QED) is 0.828. The maximum atomic E-state index is 8.80. The second-order valence-electron chi connectivity index (χ2n) is 4.58. The van der Waals surface area contributed by atoms with Crippen molar-refractivity contribution in [3.8, 4) is 6.07 Å². The van der Waals surface area contributed by atoms with Gasteiger partial charge in [0, 0.05) is 26.4 Å². The highest BCUT2D eigenvalue weighted by Crippen LogP contribution is 2.21. The number of nitrogens with two attached hydrogens (primary N) is 1. The van der Waals surface area contributed by atoms with E-state index in [2.05, 4.69) is 23.7 Å². The van der Waals surface area contributed by atoms with E-state index >= 15 is 0 Å². The van der Waals surface area contributed by atoms with E-state index in [1.807, 2.05) is 6.07 Å². The molecule has 0 bridgehead atoms. The Labute approximate surface area is 108 Å². The van der Waals surface area contributed by atoms with Gasteiger partial charge in [-0.25, -0.2) is 4.98 Å². The van der Waals surface area contributed by atoms with Crippen LogP contribution < -0.4 is 10.6 Å². The molecule has 0 amide bonds. The summed E-state index contributed by atoms with van der Waals surface area (Å²) in [5.74, 6) is 1.22. The summed E-state index contributed by atoms with van der Waals surface area (Å²) in [5.41, 5.74) is 6.96. The van der Waals surface area contributed by atoms with Gasteiger partial charge in [-0.15, -0.1) is 0 Å². The first-order valence-corrected chi connectivity index (χ1v) is 5.98. The van der Waals surface area contributed by atoms with Crippen LogP contribution in [0.1, 0.15) is 19.4 Å². The van der Waals surface area contributed by atoms with Gasteiger partial charge in [0.15, 0.2) is 5.82 Å². The maximum absolute atomic E-state index is 8.80. The highest BCUT2D eigenvalue weighted by molar-refractivity contribution is 5.64. The Hall–Kier alpha value is -1.80. The van der Waals surface area contributed by atoms with E-state index in [4.69, 9.17) is 15.7 Å². The first kappa shape index (κ1) is 14.3. The highest BCUT2D eigenvalue weighted by Gasteiger charge is 2.13. The minimum Gasteiger partial charge on any atom is -0.396 e. The topological polar surface area (TPSA) is 75.2 Å². The van der Waals surface area contributed by atoms with Gasteiger partial charge in [0.1, 0.15) is 6.07 Å². The molecule has 5 heteroatoms. The van der Waals surface area contributed by atoms with Gasteiger partial charge < -0.3 is 15.4 Å². The number of rotatable bonds is 6. The Bertz CT molecular complexity index is 425. The average molecular weight is 248 g/mol. The Balaban J connectivity index is 2.93. The van der Waals surface area contributed by atoms with Crippen molar-refractivity contribution in [2.75, 3.05) is 37.4 Å². The van der Waals surface area contributed by atoms with Gasteiger partial charge in [0.2, 0.25) is 0 Å². The van der Waals surface area contributed by atoms with Gasteiger partial charge in [-0.05, 0) is 12.0 Å². The number of ether oxygens (including phenoxy) is 1. The van der Waals surface area contributed by atoms with Crippen LogP contribution in [-0.4, -0.2) is 31.8 Å². The van der Waals surface area contributed by atoms with Gasteiger partial charge >= 0.3 is 0 Å². The molecule has 0 aliphatic heterocycles. The van der Waals surface area contributed by atoms with Crippen LogP contribution in [0.5, 0.6) is 0 Å². The molecule has 1 rings (SSSR count). The predicted octanol–water partition coefficient (Wildman–Crippen LogP) is 1.64. The number of pyridine rings is 1. The lowest BCUT2D eigenvalue weighted by Crippen LogP contribution is -2.32. The lowest BCUT2D eigenvalue weighted by atomic mass is 10.2. The molecule has 0 saturated heterocycles. The third-order valence-corrected chi connectivity index (χ3v) is 2.47. The number of methoxy groups -OCH3 is 1. The number of nitriles is 1. The van der Waals surface area contributed by atoms with Crippen molar-refractivity contribution in [2.24, 2.45) is 5.92 Å². The molecular weight excluding hydrogens is 228 g/mol. The van der Waals surface area contributed by atoms with Gasteiger partial charge in [-0.1, -0.05) is 13.8 Å². The number of anilines is 2. The summed E-state index contributed by atoms with van der Waals surface area (Å²) >= 11 is 0. The minimum absolute atomic E-state index is 0.479. The molecule has 0 aromatic carbocycles. The third-order valence-electron chi connectivity index (χ3n) is 2.47. The molecule has 1 heterocycles. The van der Waals surface area contributed by atoms with Crippen LogP contribution in [0, 0.1) is 17.2 Å². The molecule has 0 atom stereocenters. The van der Waals surface area contributed by atoms with Crippen molar-refractivity contribution in [1.82, 2.24) is 4.98 Å². The van der Waals surface area contributed by atoms with Crippen LogP contribution in [0.3, 0.4) is 0 Å². The molecule has 0 aliphatic rings. The molecule has 2 N–H and O–H groups in total. The highest BCUT2D eigenvalue weighted by atomic mass is 16.5. The van der Waals surface area contributed by atoms with Crippen LogP contribution in [0.2, 0.25) is 0 Å². The van der Waals surface area contributed by atoms with Crippen LogP contribution in [0.15, 0.2) is 12.3 Å². The van der Waals surface area contributed by atoms with E-state index in [0.717, 1.165) is 18.9 Å². The van der Waals surface area contributed by atoms with Crippen LogP contribution in [-0.2, 0) is 4.74 Å². The number of hydrogen-bond donors (Lipinski definition) is 1. The Morgan fingerprint density at radius 1 is 1.56 bits per heavy atom. The normalized spacial score (nSPS) is 10.4. The SMILES string of the molecule is COCCN(CC(C)C)c1ncc(C#N)cc1N. The largest absolute Gasteiger partial charge is 0.396 e. The molecule has 0 radical (unpaired) electrons. The van der Waals surface area contributed by atoms with Gasteiger partial charge in [-0.2, -0.15) is 5.26 Å². The number of aromatic nitrogens is 1. The lowest BCUT2D eigenvalue weighted by molar-refractivity contribution is 0.204. The standard InChI is InChI=1S/C13H20N4O/c1-10(2)9-17(4-5-18-3)13-12(15)6-11(7-14)8-16-13/h6,8,10H,4-5,9,15H2,1-3H3. The molecule has 98 valence electrons. The van der Waals surface area contributed by atoms with Gasteiger partial charge in [0.05, 0.1) is 17.9 Å². The number of nitrogen functional groups attached to an aromatic ring is 1. The first-order chi connectivity index (χ1) is 8.58. The molecule has 1 aromatic rings. The molecule has 0 unspecified atom stereocenters. The molecule has 0 spiro atoms. The first-order valence-electron chi connectivity index (χ1n) is 5.98. The fourth-order valence-electron chi connectivity index (χ4n) is 1.73. The molecule has 1 aromatic heterocycles. The van der Waals surface area contributed by atoms with Crippen LogP contribution in [0.25, 0.3) is 0 Å². The lowest BCUT2D eigenvalue weighted by Gasteiger charge is -2.26. The van der Waals surface area contributed by atoms with Gasteiger partial charge in [0.25, 0.3) is 0 Å². The Kier molecular flexibility index (Phi) is 5.40. The molecule has 5 nitrogen and oxygen atoms in total. The van der Waals surface area contributed by atoms with E-state index in [1.54, 1.807) is 19.4 Å². The average Bonchev–Trinajstić information content (AvgIpc) is 2.34. The predicted molar refractivity (Wildman–Crippen MR) is 72.3 cm³/mol. The van der Waals surface area contributed by atoms with Crippen molar-refractivity contribution >= 4 is 11.5 Å². The third kappa shape index (κ3) is 3.90. The monoisotopic (exact) mass is 248 g/mol. The molecule has 18 heavy (non-hydrogen) atoms. The van der Waals surface area contributed by atoms with E-state index in [1.165, 1.54) is 0 Å². The van der Waals surface area contributed by atoms with E-state index in [0.29, 0.717) is 23.8 Å². The van der Waals surface area contributed by atoms with Crippen molar-refractivity contribution < 1.29 is 4.74 Å². The second-order valence-corrected chi connectivity index (χ2v) is 4.58. The smallest absolute Gasteiger partial charge is 0.151 e. The second kappa shape index (κ2) is 6.82.